The second-order valence-electron chi connectivity index (χ2n) is 2.54. The van der Waals surface area contributed by atoms with E-state index in [1.807, 2.05) is 0 Å². The van der Waals surface area contributed by atoms with Crippen molar-refractivity contribution in [3.8, 4) is 12.3 Å². The minimum absolute atomic E-state index is 0. The number of terminal acetylenes is 1. The van der Waals surface area contributed by atoms with Gasteiger partial charge in [-0.1, -0.05) is 0 Å². The Kier molecular flexibility index (Phi) is 12.0. The van der Waals surface area contributed by atoms with Crippen molar-refractivity contribution in [1.82, 2.24) is 0 Å². The molecule has 0 spiro atoms. The zero-order valence-corrected chi connectivity index (χ0v) is 11.2. The molecule has 0 aromatic carbocycles. The van der Waals surface area contributed by atoms with E-state index in [2.05, 4.69) is 5.92 Å². The first-order chi connectivity index (χ1) is 6.06. The predicted octanol–water partition coefficient (Wildman–Crippen LogP) is -0.0291. The Labute approximate surface area is 107 Å². The average Bonchev–Trinajstić information content (AvgIpc) is 2.01. The van der Waals surface area contributed by atoms with Crippen LogP contribution in [0, 0.1) is 12.3 Å². The SMILES string of the molecule is C#CCCOCCCCS(=O)(=O)[O-].[Na]. The van der Waals surface area contributed by atoms with E-state index in [1.54, 1.807) is 0 Å². The van der Waals surface area contributed by atoms with Crippen LogP contribution in [-0.4, -0.2) is 61.5 Å². The summed E-state index contributed by atoms with van der Waals surface area (Å²) in [5, 5.41) is 0. The normalized spacial score (nSPS) is 10.3. The zero-order chi connectivity index (χ0) is 10.2. The maximum atomic E-state index is 10.1. The maximum absolute atomic E-state index is 10.1. The Morgan fingerprint density at radius 3 is 2.43 bits per heavy atom. The monoisotopic (exact) mass is 228 g/mol. The molecule has 0 heterocycles. The molecule has 77 valence electrons. The molecule has 0 saturated carbocycles. The first kappa shape index (κ1) is 16.8. The van der Waals surface area contributed by atoms with Gasteiger partial charge in [0.15, 0.2) is 0 Å². The van der Waals surface area contributed by atoms with Crippen LogP contribution in [0.3, 0.4) is 0 Å². The quantitative estimate of drug-likeness (QED) is 0.265. The fourth-order valence-electron chi connectivity index (χ4n) is 0.716. The molecule has 0 amide bonds. The van der Waals surface area contributed by atoms with E-state index in [1.165, 1.54) is 0 Å². The van der Waals surface area contributed by atoms with Crippen molar-refractivity contribution in [2.45, 2.75) is 19.3 Å². The number of unbranched alkanes of at least 4 members (excludes halogenated alkanes) is 1. The Morgan fingerprint density at radius 1 is 1.29 bits per heavy atom. The van der Waals surface area contributed by atoms with E-state index in [4.69, 9.17) is 11.2 Å². The number of ether oxygens (including phenoxy) is 1. The second-order valence-corrected chi connectivity index (χ2v) is 4.06. The van der Waals surface area contributed by atoms with Crippen LogP contribution in [0.4, 0.5) is 0 Å². The zero-order valence-electron chi connectivity index (χ0n) is 8.36. The van der Waals surface area contributed by atoms with Crippen molar-refractivity contribution in [3.63, 3.8) is 0 Å². The van der Waals surface area contributed by atoms with Crippen LogP contribution < -0.4 is 0 Å². The summed E-state index contributed by atoms with van der Waals surface area (Å²) in [5.41, 5.74) is 0. The van der Waals surface area contributed by atoms with Crippen LogP contribution >= 0.6 is 0 Å². The standard InChI is InChI=1S/C8H14O4S.Na/c1-2-3-6-12-7-4-5-8-13(9,10)11;/h1H,3-8H2,(H,9,10,11);/p-1. The van der Waals surface area contributed by atoms with Crippen LogP contribution in [0.15, 0.2) is 0 Å². The van der Waals surface area contributed by atoms with Crippen LogP contribution in [0.2, 0.25) is 0 Å². The Hall–Kier alpha value is 0.430. The third-order valence-electron chi connectivity index (χ3n) is 1.32. The van der Waals surface area contributed by atoms with Gasteiger partial charge in [-0.15, -0.1) is 12.3 Å². The predicted molar refractivity (Wildman–Crippen MR) is 53.8 cm³/mol. The molecule has 0 aliphatic heterocycles. The van der Waals surface area contributed by atoms with Gasteiger partial charge in [0.1, 0.15) is 0 Å². The van der Waals surface area contributed by atoms with Gasteiger partial charge in [-0.3, -0.25) is 0 Å². The molecule has 0 unspecified atom stereocenters. The van der Waals surface area contributed by atoms with E-state index in [0.717, 1.165) is 0 Å². The van der Waals surface area contributed by atoms with Crippen LogP contribution in [0.1, 0.15) is 19.3 Å². The molecule has 0 atom stereocenters. The molecule has 0 aliphatic carbocycles. The van der Waals surface area contributed by atoms with Crippen LogP contribution in [-0.2, 0) is 14.9 Å². The molecule has 0 N–H and O–H groups in total. The summed E-state index contributed by atoms with van der Waals surface area (Å²) in [6.45, 7) is 0.942. The third kappa shape index (κ3) is 14.9. The molecule has 1 radical (unpaired) electrons. The van der Waals surface area contributed by atoms with Crippen molar-refractivity contribution in [2.24, 2.45) is 0 Å². The van der Waals surface area contributed by atoms with Gasteiger partial charge in [-0.2, -0.15) is 0 Å². The Balaban J connectivity index is 0. The summed E-state index contributed by atoms with van der Waals surface area (Å²) in [4.78, 5) is 0. The van der Waals surface area contributed by atoms with Gasteiger partial charge < -0.3 is 9.29 Å². The summed E-state index contributed by atoms with van der Waals surface area (Å²) >= 11 is 0. The van der Waals surface area contributed by atoms with Crippen molar-refractivity contribution in [3.05, 3.63) is 0 Å². The molecule has 0 fully saturated rings. The van der Waals surface area contributed by atoms with E-state index in [0.29, 0.717) is 32.5 Å². The average molecular weight is 228 g/mol. The summed E-state index contributed by atoms with van der Waals surface area (Å²) in [6, 6.07) is 0. The van der Waals surface area contributed by atoms with E-state index < -0.39 is 10.1 Å². The van der Waals surface area contributed by atoms with E-state index in [9.17, 15) is 13.0 Å². The van der Waals surface area contributed by atoms with E-state index in [-0.39, 0.29) is 35.3 Å². The minimum Gasteiger partial charge on any atom is -0.748 e. The number of rotatable bonds is 7. The molecule has 0 saturated heterocycles. The van der Waals surface area contributed by atoms with Crippen LogP contribution in [0.5, 0.6) is 0 Å². The molecule has 4 nitrogen and oxygen atoms in total. The largest absolute Gasteiger partial charge is 0.748 e. The van der Waals surface area contributed by atoms with Gasteiger partial charge in [0.05, 0.1) is 16.7 Å². The number of hydrogen-bond acceptors (Lipinski definition) is 4. The minimum atomic E-state index is -4.06. The molecule has 6 heteroatoms. The fraction of sp³-hybridized carbons (Fsp3) is 0.750. The Bertz CT molecular complexity index is 255. The summed E-state index contributed by atoms with van der Waals surface area (Å²) < 4.78 is 35.5. The van der Waals surface area contributed by atoms with Crippen molar-refractivity contribution >= 4 is 39.7 Å². The van der Waals surface area contributed by atoms with Gasteiger partial charge in [0.25, 0.3) is 0 Å². The van der Waals surface area contributed by atoms with Gasteiger partial charge in [0, 0.05) is 48.3 Å². The molecule has 0 bridgehead atoms. The molecule has 0 aromatic rings. The molecule has 0 aromatic heterocycles. The van der Waals surface area contributed by atoms with Crippen LogP contribution in [0.25, 0.3) is 0 Å². The summed E-state index contributed by atoms with van der Waals surface area (Å²) in [6.07, 6.45) is 6.46. The van der Waals surface area contributed by atoms with Gasteiger partial charge in [-0.25, -0.2) is 8.42 Å². The maximum Gasteiger partial charge on any atom is 0.0945 e. The van der Waals surface area contributed by atoms with Crippen molar-refractivity contribution in [1.29, 1.82) is 0 Å². The van der Waals surface area contributed by atoms with Gasteiger partial charge in [-0.05, 0) is 12.8 Å². The van der Waals surface area contributed by atoms with Crippen molar-refractivity contribution in [2.75, 3.05) is 19.0 Å². The first-order valence-electron chi connectivity index (χ1n) is 4.01. The van der Waals surface area contributed by atoms with Crippen molar-refractivity contribution < 1.29 is 17.7 Å². The number of hydrogen-bond donors (Lipinski definition) is 0. The second kappa shape index (κ2) is 9.97. The third-order valence-corrected chi connectivity index (χ3v) is 2.11. The summed E-state index contributed by atoms with van der Waals surface area (Å²) in [5.74, 6) is 2.10. The van der Waals surface area contributed by atoms with Gasteiger partial charge >= 0.3 is 0 Å². The topological polar surface area (TPSA) is 66.4 Å². The molecular formula is C8H13NaO4S-. The molecule has 14 heavy (non-hydrogen) atoms. The fourth-order valence-corrected chi connectivity index (χ4v) is 1.27. The van der Waals surface area contributed by atoms with Gasteiger partial charge in [0.2, 0.25) is 0 Å². The smallest absolute Gasteiger partial charge is 0.0945 e. The molecular weight excluding hydrogens is 215 g/mol. The van der Waals surface area contributed by atoms with E-state index >= 15 is 0 Å². The summed E-state index contributed by atoms with van der Waals surface area (Å²) in [7, 11) is -4.06. The Morgan fingerprint density at radius 2 is 1.93 bits per heavy atom. The molecule has 0 rings (SSSR count). The molecule has 0 aliphatic rings. The first-order valence-corrected chi connectivity index (χ1v) is 5.59.